The van der Waals surface area contributed by atoms with Gasteiger partial charge in [-0.25, -0.2) is 8.42 Å². The second-order valence-corrected chi connectivity index (χ2v) is 8.97. The molecule has 1 amide bonds. The van der Waals surface area contributed by atoms with Gasteiger partial charge in [-0.1, -0.05) is 15.9 Å². The first-order chi connectivity index (χ1) is 11.0. The van der Waals surface area contributed by atoms with E-state index in [9.17, 15) is 13.2 Å². The van der Waals surface area contributed by atoms with Crippen LogP contribution < -0.4 is 5.32 Å². The number of hydrogen-bond acceptors (Lipinski definition) is 5. The molecular weight excluding hydrogens is 404 g/mol. The van der Waals surface area contributed by atoms with Crippen molar-refractivity contribution in [1.29, 1.82) is 0 Å². The van der Waals surface area contributed by atoms with E-state index in [4.69, 9.17) is 4.74 Å². The zero-order valence-corrected chi connectivity index (χ0v) is 15.8. The average Bonchev–Trinajstić information content (AvgIpc) is 2.55. The van der Waals surface area contributed by atoms with Crippen LogP contribution in [0, 0.1) is 0 Å². The summed E-state index contributed by atoms with van der Waals surface area (Å²) in [6.45, 7) is 1.75. The van der Waals surface area contributed by atoms with Crippen molar-refractivity contribution in [2.24, 2.45) is 0 Å². The first-order valence-electron chi connectivity index (χ1n) is 7.18. The smallest absolute Gasteiger partial charge is 0.230 e. The lowest BCUT2D eigenvalue weighted by atomic mass is 10.4. The Balaban J connectivity index is 1.68. The summed E-state index contributed by atoms with van der Waals surface area (Å²) in [5.41, 5.74) is 0. The molecule has 0 radical (unpaired) electrons. The van der Waals surface area contributed by atoms with Crippen molar-refractivity contribution in [3.8, 4) is 0 Å². The highest BCUT2D eigenvalue weighted by atomic mass is 79.9. The number of amides is 1. The summed E-state index contributed by atoms with van der Waals surface area (Å²) in [7, 11) is -3.32. The molecule has 9 heteroatoms. The van der Waals surface area contributed by atoms with E-state index in [-0.39, 0.29) is 24.0 Å². The minimum Gasteiger partial charge on any atom is -0.379 e. The molecule has 2 rings (SSSR count). The lowest BCUT2D eigenvalue weighted by Gasteiger charge is -2.26. The van der Waals surface area contributed by atoms with Gasteiger partial charge in [-0.15, -0.1) is 11.8 Å². The van der Waals surface area contributed by atoms with Gasteiger partial charge in [-0.3, -0.25) is 4.79 Å². The fraction of sp³-hybridized carbons (Fsp3) is 0.500. The molecule has 0 bridgehead atoms. The summed E-state index contributed by atoms with van der Waals surface area (Å²) in [5, 5.41) is 2.65. The molecular formula is C14H19BrN2O4S2. The van der Waals surface area contributed by atoms with Gasteiger partial charge in [0, 0.05) is 29.0 Å². The van der Waals surface area contributed by atoms with Gasteiger partial charge in [0.25, 0.3) is 0 Å². The number of benzene rings is 1. The third kappa shape index (κ3) is 6.42. The van der Waals surface area contributed by atoms with E-state index in [1.807, 2.05) is 24.3 Å². The van der Waals surface area contributed by atoms with Crippen LogP contribution in [0.5, 0.6) is 0 Å². The fourth-order valence-electron chi connectivity index (χ4n) is 2.00. The molecule has 0 atom stereocenters. The highest BCUT2D eigenvalue weighted by Gasteiger charge is 2.23. The molecule has 0 spiro atoms. The van der Waals surface area contributed by atoms with E-state index in [1.165, 1.54) is 16.1 Å². The van der Waals surface area contributed by atoms with E-state index in [1.54, 1.807) is 0 Å². The van der Waals surface area contributed by atoms with Crippen molar-refractivity contribution in [3.63, 3.8) is 0 Å². The number of morpholine rings is 1. The topological polar surface area (TPSA) is 75.7 Å². The second-order valence-electron chi connectivity index (χ2n) is 4.92. The third-order valence-corrected chi connectivity index (χ3v) is 6.64. The number of halogens is 1. The number of ether oxygens (including phenoxy) is 1. The Hall–Kier alpha value is -0.610. The van der Waals surface area contributed by atoms with Crippen molar-refractivity contribution < 1.29 is 17.9 Å². The number of carbonyl (C=O) groups is 1. The molecule has 1 aromatic carbocycles. The summed E-state index contributed by atoms with van der Waals surface area (Å²) in [4.78, 5) is 12.8. The van der Waals surface area contributed by atoms with Gasteiger partial charge >= 0.3 is 0 Å². The van der Waals surface area contributed by atoms with Crippen LogP contribution in [0.25, 0.3) is 0 Å². The van der Waals surface area contributed by atoms with Crippen LogP contribution >= 0.6 is 27.7 Å². The number of hydrogen-bond donors (Lipinski definition) is 1. The SMILES string of the molecule is O=C(CSc1ccc(Br)cc1)NCCS(=O)(=O)N1CCOCC1. The highest BCUT2D eigenvalue weighted by molar-refractivity contribution is 9.10. The molecule has 0 saturated carbocycles. The van der Waals surface area contributed by atoms with Crippen LogP contribution in [0.4, 0.5) is 0 Å². The van der Waals surface area contributed by atoms with E-state index < -0.39 is 10.0 Å². The number of nitrogens with one attached hydrogen (secondary N) is 1. The Kier molecular flexibility index (Phi) is 7.35. The van der Waals surface area contributed by atoms with Crippen LogP contribution in [0.15, 0.2) is 33.6 Å². The Labute approximate surface area is 149 Å². The maximum atomic E-state index is 12.1. The van der Waals surface area contributed by atoms with Crippen LogP contribution in [0.3, 0.4) is 0 Å². The first kappa shape index (κ1) is 18.7. The molecule has 128 valence electrons. The summed E-state index contributed by atoms with van der Waals surface area (Å²) >= 11 is 4.77. The Morgan fingerprint density at radius 3 is 2.57 bits per heavy atom. The zero-order chi connectivity index (χ0) is 16.7. The van der Waals surface area contributed by atoms with Gasteiger partial charge < -0.3 is 10.1 Å². The predicted octanol–water partition coefficient (Wildman–Crippen LogP) is 1.32. The van der Waals surface area contributed by atoms with Crippen molar-refractivity contribution in [2.45, 2.75) is 4.90 Å². The zero-order valence-electron chi connectivity index (χ0n) is 12.5. The monoisotopic (exact) mass is 422 g/mol. The van der Waals surface area contributed by atoms with Crippen molar-refractivity contribution in [1.82, 2.24) is 9.62 Å². The Morgan fingerprint density at radius 2 is 1.91 bits per heavy atom. The maximum Gasteiger partial charge on any atom is 0.230 e. The second kappa shape index (κ2) is 9.03. The lowest BCUT2D eigenvalue weighted by Crippen LogP contribution is -2.43. The molecule has 23 heavy (non-hydrogen) atoms. The summed E-state index contributed by atoms with van der Waals surface area (Å²) in [6, 6.07) is 7.67. The summed E-state index contributed by atoms with van der Waals surface area (Å²) in [6.07, 6.45) is 0. The first-order valence-corrected chi connectivity index (χ1v) is 10.6. The number of thioether (sulfide) groups is 1. The van der Waals surface area contributed by atoms with Gasteiger partial charge in [0.05, 0.1) is 24.7 Å². The van der Waals surface area contributed by atoms with E-state index in [0.717, 1.165) is 9.37 Å². The van der Waals surface area contributed by atoms with Crippen molar-refractivity contribution in [2.75, 3.05) is 44.4 Å². The molecule has 1 aromatic rings. The quantitative estimate of drug-likeness (QED) is 0.670. The summed E-state index contributed by atoms with van der Waals surface area (Å²) < 4.78 is 31.7. The van der Waals surface area contributed by atoms with E-state index in [2.05, 4.69) is 21.2 Å². The molecule has 1 heterocycles. The van der Waals surface area contributed by atoms with Crippen molar-refractivity contribution >= 4 is 43.6 Å². The summed E-state index contributed by atoms with van der Waals surface area (Å²) in [5.74, 6) is 0.0103. The number of nitrogens with zero attached hydrogens (tertiary/aromatic N) is 1. The van der Waals surface area contributed by atoms with Crippen molar-refractivity contribution in [3.05, 3.63) is 28.7 Å². The van der Waals surface area contributed by atoms with Gasteiger partial charge in [-0.05, 0) is 24.3 Å². The van der Waals surface area contributed by atoms with Gasteiger partial charge in [0.1, 0.15) is 0 Å². The van der Waals surface area contributed by atoms with Crippen LogP contribution in [0.1, 0.15) is 0 Å². The van der Waals surface area contributed by atoms with Gasteiger partial charge in [0.15, 0.2) is 0 Å². The normalized spacial score (nSPS) is 16.2. The molecule has 1 fully saturated rings. The third-order valence-electron chi connectivity index (χ3n) is 3.23. The van der Waals surface area contributed by atoms with Crippen LogP contribution in [-0.2, 0) is 19.6 Å². The van der Waals surface area contributed by atoms with Crippen LogP contribution in [0.2, 0.25) is 0 Å². The highest BCUT2D eigenvalue weighted by Crippen LogP contribution is 2.20. The Bertz CT molecular complexity index is 616. The Morgan fingerprint density at radius 1 is 1.26 bits per heavy atom. The molecule has 1 N–H and O–H groups in total. The minimum atomic E-state index is -3.32. The molecule has 6 nitrogen and oxygen atoms in total. The average molecular weight is 423 g/mol. The lowest BCUT2D eigenvalue weighted by molar-refractivity contribution is -0.118. The van der Waals surface area contributed by atoms with E-state index >= 15 is 0 Å². The van der Waals surface area contributed by atoms with Gasteiger partial charge in [-0.2, -0.15) is 4.31 Å². The largest absolute Gasteiger partial charge is 0.379 e. The molecule has 0 aliphatic carbocycles. The number of carbonyl (C=O) groups excluding carboxylic acids is 1. The standard InChI is InChI=1S/C14H19BrN2O4S2/c15-12-1-3-13(4-2-12)22-11-14(18)16-5-10-23(19,20)17-6-8-21-9-7-17/h1-4H,5-11H2,(H,16,18). The van der Waals surface area contributed by atoms with Crippen LogP contribution in [-0.4, -0.2) is 63.0 Å². The predicted molar refractivity (Wildman–Crippen MR) is 94.1 cm³/mol. The fourth-order valence-corrected chi connectivity index (χ4v) is 4.32. The molecule has 1 aliphatic rings. The van der Waals surface area contributed by atoms with Gasteiger partial charge in [0.2, 0.25) is 15.9 Å². The molecule has 1 aliphatic heterocycles. The van der Waals surface area contributed by atoms with E-state index in [0.29, 0.717) is 26.3 Å². The molecule has 1 saturated heterocycles. The minimum absolute atomic E-state index is 0.0817. The number of rotatable bonds is 7. The number of sulfonamides is 1. The molecule has 0 unspecified atom stereocenters. The molecule has 0 aromatic heterocycles. The maximum absolute atomic E-state index is 12.1.